The molecule has 1 aromatic carbocycles. The first-order valence-corrected chi connectivity index (χ1v) is 3.74. The van der Waals surface area contributed by atoms with Crippen molar-refractivity contribution < 1.29 is 23.6 Å². The van der Waals surface area contributed by atoms with E-state index in [1.54, 1.807) is 0 Å². The average molecular weight is 217 g/mol. The number of alkyl halides is 1. The summed E-state index contributed by atoms with van der Waals surface area (Å²) < 4.78 is 25.6. The molecule has 80 valence electrons. The fourth-order valence-electron chi connectivity index (χ4n) is 1.03. The second-order valence-corrected chi connectivity index (χ2v) is 2.66. The van der Waals surface area contributed by atoms with Crippen LogP contribution >= 0.6 is 0 Å². The molecule has 1 aromatic rings. The minimum Gasteiger partial charge on any atom is -0.479 e. The molecule has 0 aromatic heterocycles. The summed E-state index contributed by atoms with van der Waals surface area (Å²) in [6, 6.07) is 1.98. The molecule has 0 bridgehead atoms. The second-order valence-electron chi connectivity index (χ2n) is 2.66. The third-order valence-corrected chi connectivity index (χ3v) is 1.68. The van der Waals surface area contributed by atoms with Crippen LogP contribution in [0.4, 0.5) is 14.5 Å². The van der Waals surface area contributed by atoms with Crippen LogP contribution in [0.1, 0.15) is 11.7 Å². The number of carboxylic acid groups (broad SMARTS) is 1. The molecule has 0 aliphatic rings. The predicted molar refractivity (Wildman–Crippen MR) is 44.5 cm³/mol. The van der Waals surface area contributed by atoms with Crippen LogP contribution in [0.15, 0.2) is 18.2 Å². The van der Waals surface area contributed by atoms with Crippen molar-refractivity contribution >= 4 is 11.7 Å². The number of aliphatic carboxylic acids is 1. The van der Waals surface area contributed by atoms with Crippen LogP contribution in [0, 0.1) is 15.9 Å². The molecular weight excluding hydrogens is 212 g/mol. The molecule has 0 spiro atoms. The summed E-state index contributed by atoms with van der Waals surface area (Å²) in [5.74, 6) is -2.83. The Bertz CT molecular complexity index is 421. The van der Waals surface area contributed by atoms with Gasteiger partial charge in [0.2, 0.25) is 6.17 Å². The number of halogens is 2. The summed E-state index contributed by atoms with van der Waals surface area (Å²) in [7, 11) is 0. The molecule has 0 fully saturated rings. The van der Waals surface area contributed by atoms with E-state index >= 15 is 0 Å². The summed E-state index contributed by atoms with van der Waals surface area (Å²) in [6.07, 6.45) is -2.61. The molecule has 1 rings (SSSR count). The topological polar surface area (TPSA) is 80.4 Å². The average Bonchev–Trinajstić information content (AvgIpc) is 2.15. The number of hydrogen-bond acceptors (Lipinski definition) is 3. The van der Waals surface area contributed by atoms with Crippen molar-refractivity contribution in [1.29, 1.82) is 0 Å². The molecule has 15 heavy (non-hydrogen) atoms. The van der Waals surface area contributed by atoms with E-state index in [0.717, 1.165) is 12.1 Å². The van der Waals surface area contributed by atoms with Gasteiger partial charge in [-0.25, -0.2) is 13.6 Å². The van der Waals surface area contributed by atoms with Gasteiger partial charge in [0, 0.05) is 6.07 Å². The maximum atomic E-state index is 13.0. The molecule has 0 aliphatic carbocycles. The van der Waals surface area contributed by atoms with E-state index in [0.29, 0.717) is 6.07 Å². The van der Waals surface area contributed by atoms with Gasteiger partial charge in [-0.05, 0) is 12.1 Å². The standard InChI is InChI=1S/C8H5F2NO4/c9-4-1-2-6(11(14)15)5(3-4)7(10)8(12)13/h1-3,7H,(H,12,13). The van der Waals surface area contributed by atoms with Crippen molar-refractivity contribution in [3.8, 4) is 0 Å². The van der Waals surface area contributed by atoms with Gasteiger partial charge in [0.05, 0.1) is 10.5 Å². The number of hydrogen-bond donors (Lipinski definition) is 1. The van der Waals surface area contributed by atoms with Gasteiger partial charge >= 0.3 is 5.97 Å². The molecule has 0 amide bonds. The lowest BCUT2D eigenvalue weighted by Crippen LogP contribution is -2.09. The van der Waals surface area contributed by atoms with Gasteiger partial charge in [-0.2, -0.15) is 0 Å². The van der Waals surface area contributed by atoms with Crippen LogP contribution in [-0.2, 0) is 4.79 Å². The van der Waals surface area contributed by atoms with Gasteiger partial charge < -0.3 is 5.11 Å². The Hall–Kier alpha value is -2.05. The number of nitro groups is 1. The van der Waals surface area contributed by atoms with Crippen LogP contribution in [0.2, 0.25) is 0 Å². The molecule has 1 unspecified atom stereocenters. The van der Waals surface area contributed by atoms with Crippen molar-refractivity contribution in [3.05, 3.63) is 39.7 Å². The van der Waals surface area contributed by atoms with Gasteiger partial charge in [0.25, 0.3) is 5.69 Å². The smallest absolute Gasteiger partial charge is 0.343 e. The summed E-state index contributed by atoms with van der Waals surface area (Å²) in [4.78, 5) is 19.7. The summed E-state index contributed by atoms with van der Waals surface area (Å²) in [5.41, 5.74) is -1.56. The van der Waals surface area contributed by atoms with E-state index in [9.17, 15) is 23.7 Å². The highest BCUT2D eigenvalue weighted by molar-refractivity contribution is 5.76. The van der Waals surface area contributed by atoms with Crippen molar-refractivity contribution in [2.24, 2.45) is 0 Å². The maximum Gasteiger partial charge on any atom is 0.343 e. The lowest BCUT2D eigenvalue weighted by Gasteiger charge is -2.04. The summed E-state index contributed by atoms with van der Waals surface area (Å²) >= 11 is 0. The predicted octanol–water partition coefficient (Wildman–Crippen LogP) is 1.83. The molecule has 1 N–H and O–H groups in total. The monoisotopic (exact) mass is 217 g/mol. The van der Waals surface area contributed by atoms with Crippen molar-refractivity contribution in [3.63, 3.8) is 0 Å². The van der Waals surface area contributed by atoms with Crippen LogP contribution in [0.5, 0.6) is 0 Å². The maximum absolute atomic E-state index is 13.0. The zero-order valence-corrected chi connectivity index (χ0v) is 7.18. The second kappa shape index (κ2) is 3.99. The van der Waals surface area contributed by atoms with E-state index in [1.807, 2.05) is 0 Å². The highest BCUT2D eigenvalue weighted by Crippen LogP contribution is 2.28. The number of rotatable bonds is 3. The van der Waals surface area contributed by atoms with Gasteiger partial charge in [-0.15, -0.1) is 0 Å². The van der Waals surface area contributed by atoms with E-state index in [2.05, 4.69) is 0 Å². The number of carbonyl (C=O) groups is 1. The summed E-state index contributed by atoms with van der Waals surface area (Å²) in [6.45, 7) is 0. The van der Waals surface area contributed by atoms with Gasteiger partial charge in [0.1, 0.15) is 5.82 Å². The third kappa shape index (κ3) is 2.25. The molecule has 0 radical (unpaired) electrons. The SMILES string of the molecule is O=C(O)C(F)c1cc(F)ccc1[N+](=O)[O-]. The van der Waals surface area contributed by atoms with E-state index in [-0.39, 0.29) is 0 Å². The Labute approximate surface area is 82.1 Å². The fourth-order valence-corrected chi connectivity index (χ4v) is 1.03. The van der Waals surface area contributed by atoms with Crippen molar-refractivity contribution in [2.45, 2.75) is 6.17 Å². The lowest BCUT2D eigenvalue weighted by atomic mass is 10.1. The molecule has 0 aliphatic heterocycles. The Morgan fingerprint density at radius 1 is 1.53 bits per heavy atom. The van der Waals surface area contributed by atoms with Gasteiger partial charge in [-0.1, -0.05) is 0 Å². The largest absolute Gasteiger partial charge is 0.479 e. The first-order valence-electron chi connectivity index (χ1n) is 3.74. The number of nitrogens with zero attached hydrogens (tertiary/aromatic N) is 1. The highest BCUT2D eigenvalue weighted by Gasteiger charge is 2.27. The minimum absolute atomic E-state index is 0.497. The fraction of sp³-hybridized carbons (Fsp3) is 0.125. The Kier molecular flexibility index (Phi) is 2.93. The number of carboxylic acids is 1. The van der Waals surface area contributed by atoms with E-state index in [1.165, 1.54) is 0 Å². The molecule has 7 heteroatoms. The quantitative estimate of drug-likeness (QED) is 0.618. The molecule has 0 saturated heterocycles. The Morgan fingerprint density at radius 2 is 2.13 bits per heavy atom. The zero-order valence-electron chi connectivity index (χ0n) is 7.18. The van der Waals surface area contributed by atoms with Crippen molar-refractivity contribution in [1.82, 2.24) is 0 Å². The number of benzene rings is 1. The minimum atomic E-state index is -2.61. The van der Waals surface area contributed by atoms with Gasteiger partial charge in [0.15, 0.2) is 0 Å². The van der Waals surface area contributed by atoms with Gasteiger partial charge in [-0.3, -0.25) is 10.1 Å². The molecular formula is C8H5F2NO4. The van der Waals surface area contributed by atoms with Crippen molar-refractivity contribution in [2.75, 3.05) is 0 Å². The highest BCUT2D eigenvalue weighted by atomic mass is 19.1. The first-order chi connectivity index (χ1) is 6.93. The normalized spacial score (nSPS) is 12.1. The molecule has 0 saturated carbocycles. The zero-order chi connectivity index (χ0) is 11.6. The first kappa shape index (κ1) is 11.0. The summed E-state index contributed by atoms with van der Waals surface area (Å²) in [5, 5.41) is 18.7. The van der Waals surface area contributed by atoms with Crippen LogP contribution < -0.4 is 0 Å². The van der Waals surface area contributed by atoms with Crippen LogP contribution in [-0.4, -0.2) is 16.0 Å². The Morgan fingerprint density at radius 3 is 2.60 bits per heavy atom. The lowest BCUT2D eigenvalue weighted by molar-refractivity contribution is -0.386. The third-order valence-electron chi connectivity index (χ3n) is 1.68. The molecule has 5 nitrogen and oxygen atoms in total. The van der Waals surface area contributed by atoms with E-state index < -0.39 is 34.1 Å². The van der Waals surface area contributed by atoms with Crippen LogP contribution in [0.3, 0.4) is 0 Å². The Balaban J connectivity index is 3.30. The molecule has 0 heterocycles. The molecule has 1 atom stereocenters. The van der Waals surface area contributed by atoms with E-state index in [4.69, 9.17) is 5.11 Å². The van der Waals surface area contributed by atoms with Crippen LogP contribution in [0.25, 0.3) is 0 Å². The number of nitro benzene ring substituents is 1.